The Kier molecular flexibility index (Phi) is 6.09. The Morgan fingerprint density at radius 1 is 1.29 bits per heavy atom. The molecular formula is C16H16FNO2S. The minimum atomic E-state index is -0.287. The van der Waals surface area contributed by atoms with E-state index in [0.29, 0.717) is 6.54 Å². The minimum absolute atomic E-state index is 0.155. The lowest BCUT2D eigenvalue weighted by Crippen LogP contribution is -2.23. The van der Waals surface area contributed by atoms with E-state index in [0.717, 1.165) is 22.8 Å². The highest BCUT2D eigenvalue weighted by atomic mass is 32.2. The van der Waals surface area contributed by atoms with E-state index < -0.39 is 0 Å². The zero-order chi connectivity index (χ0) is 14.9. The van der Waals surface area contributed by atoms with Crippen LogP contribution in [0.1, 0.15) is 11.3 Å². The maximum Gasteiger partial charge on any atom is 0.244 e. The molecule has 2 rings (SSSR count). The molecule has 0 aliphatic carbocycles. The van der Waals surface area contributed by atoms with Crippen LogP contribution in [0.3, 0.4) is 0 Å². The zero-order valence-corrected chi connectivity index (χ0v) is 12.2. The van der Waals surface area contributed by atoms with Gasteiger partial charge in [-0.15, -0.1) is 0 Å². The van der Waals surface area contributed by atoms with Crippen molar-refractivity contribution in [3.63, 3.8) is 0 Å². The van der Waals surface area contributed by atoms with Gasteiger partial charge in [0.05, 0.1) is 12.0 Å². The molecule has 0 fully saturated rings. The van der Waals surface area contributed by atoms with Crippen LogP contribution in [0.4, 0.5) is 4.39 Å². The van der Waals surface area contributed by atoms with Crippen LogP contribution < -0.4 is 5.32 Å². The van der Waals surface area contributed by atoms with E-state index in [2.05, 4.69) is 5.32 Å². The molecule has 0 aliphatic heterocycles. The van der Waals surface area contributed by atoms with Crippen molar-refractivity contribution in [2.24, 2.45) is 0 Å². The van der Waals surface area contributed by atoms with Crippen LogP contribution >= 0.6 is 11.8 Å². The molecule has 1 heterocycles. The van der Waals surface area contributed by atoms with Crippen LogP contribution in [0, 0.1) is 5.82 Å². The Morgan fingerprint density at radius 2 is 2.10 bits per heavy atom. The number of hydrogen-bond acceptors (Lipinski definition) is 3. The van der Waals surface area contributed by atoms with E-state index in [4.69, 9.17) is 4.42 Å². The molecule has 0 unspecified atom stereocenters. The molecule has 1 amide bonds. The number of amides is 1. The van der Waals surface area contributed by atoms with Gasteiger partial charge in [-0.1, -0.05) is 12.1 Å². The molecule has 0 bridgehead atoms. The van der Waals surface area contributed by atoms with Gasteiger partial charge in [-0.25, -0.2) is 4.39 Å². The van der Waals surface area contributed by atoms with Crippen LogP contribution in [0.15, 0.2) is 53.2 Å². The molecule has 3 nitrogen and oxygen atoms in total. The molecule has 0 spiro atoms. The molecular weight excluding hydrogens is 289 g/mol. The first-order valence-corrected chi connectivity index (χ1v) is 7.71. The summed E-state index contributed by atoms with van der Waals surface area (Å²) in [7, 11) is 0. The van der Waals surface area contributed by atoms with Crippen molar-refractivity contribution in [2.45, 2.75) is 5.75 Å². The Hall–Kier alpha value is -2.01. The summed E-state index contributed by atoms with van der Waals surface area (Å²) in [5.41, 5.74) is 0.791. The van der Waals surface area contributed by atoms with Gasteiger partial charge in [-0.05, 0) is 35.9 Å². The second-order valence-electron chi connectivity index (χ2n) is 4.31. The lowest BCUT2D eigenvalue weighted by Gasteiger charge is -2.01. The Bertz CT molecular complexity index is 579. The Balaban J connectivity index is 1.62. The first-order valence-electron chi connectivity index (χ1n) is 6.55. The van der Waals surface area contributed by atoms with E-state index in [1.165, 1.54) is 18.2 Å². The van der Waals surface area contributed by atoms with Gasteiger partial charge in [-0.3, -0.25) is 4.79 Å². The summed E-state index contributed by atoms with van der Waals surface area (Å²) in [5, 5.41) is 2.79. The van der Waals surface area contributed by atoms with Crippen LogP contribution in [0.25, 0.3) is 6.08 Å². The summed E-state index contributed by atoms with van der Waals surface area (Å²) in [6.45, 7) is 0.595. The number of hydrogen-bond donors (Lipinski definition) is 1. The highest BCUT2D eigenvalue weighted by Crippen LogP contribution is 2.11. The fourth-order valence-corrected chi connectivity index (χ4v) is 2.37. The number of halogens is 1. The number of thioether (sulfide) groups is 1. The largest absolute Gasteiger partial charge is 0.468 e. The summed E-state index contributed by atoms with van der Waals surface area (Å²) in [6, 6.07) is 9.76. The maximum atomic E-state index is 12.7. The predicted octanol–water partition coefficient (Wildman–Crippen LogP) is 3.48. The van der Waals surface area contributed by atoms with Crippen LogP contribution in [-0.2, 0) is 10.5 Å². The summed E-state index contributed by atoms with van der Waals surface area (Å²) in [5.74, 6) is 2.11. The monoisotopic (exact) mass is 305 g/mol. The van der Waals surface area contributed by atoms with Crippen molar-refractivity contribution >= 4 is 23.7 Å². The first-order chi connectivity index (χ1) is 10.2. The molecule has 2 aromatic rings. The normalized spacial score (nSPS) is 10.9. The number of furan rings is 1. The molecule has 21 heavy (non-hydrogen) atoms. The Labute approximate surface area is 127 Å². The highest BCUT2D eigenvalue weighted by molar-refractivity contribution is 7.98. The quantitative estimate of drug-likeness (QED) is 0.629. The standard InChI is InChI=1S/C16H16FNO2S/c17-14-6-3-13(4-7-14)5-8-16(19)18-9-11-21-12-15-2-1-10-20-15/h1-8,10H,9,11-12H2,(H,18,19). The zero-order valence-electron chi connectivity index (χ0n) is 11.4. The topological polar surface area (TPSA) is 42.2 Å². The van der Waals surface area contributed by atoms with Crippen molar-refractivity contribution in [3.8, 4) is 0 Å². The smallest absolute Gasteiger partial charge is 0.244 e. The van der Waals surface area contributed by atoms with Gasteiger partial charge in [0.15, 0.2) is 0 Å². The van der Waals surface area contributed by atoms with Gasteiger partial charge in [0.2, 0.25) is 5.91 Å². The molecule has 0 saturated heterocycles. The van der Waals surface area contributed by atoms with Crippen molar-refractivity contribution < 1.29 is 13.6 Å². The summed E-state index contributed by atoms with van der Waals surface area (Å²) in [4.78, 5) is 11.6. The van der Waals surface area contributed by atoms with Gasteiger partial charge in [0, 0.05) is 18.4 Å². The molecule has 110 valence electrons. The molecule has 1 aromatic carbocycles. The lowest BCUT2D eigenvalue weighted by molar-refractivity contribution is -0.116. The summed E-state index contributed by atoms with van der Waals surface area (Å²) >= 11 is 1.69. The number of carbonyl (C=O) groups is 1. The fourth-order valence-electron chi connectivity index (χ4n) is 1.62. The van der Waals surface area contributed by atoms with Crippen molar-refractivity contribution in [2.75, 3.05) is 12.3 Å². The molecule has 0 aliphatic rings. The van der Waals surface area contributed by atoms with Gasteiger partial charge >= 0.3 is 0 Å². The fraction of sp³-hybridized carbons (Fsp3) is 0.188. The second-order valence-corrected chi connectivity index (χ2v) is 5.41. The number of rotatable bonds is 7. The van der Waals surface area contributed by atoms with Gasteiger partial charge in [0.1, 0.15) is 11.6 Å². The third kappa shape index (κ3) is 5.87. The third-order valence-electron chi connectivity index (χ3n) is 2.67. The molecule has 0 saturated carbocycles. The van der Waals surface area contributed by atoms with Gasteiger partial charge < -0.3 is 9.73 Å². The van der Waals surface area contributed by atoms with Crippen LogP contribution in [-0.4, -0.2) is 18.2 Å². The van der Waals surface area contributed by atoms with E-state index >= 15 is 0 Å². The predicted molar refractivity (Wildman–Crippen MR) is 83.3 cm³/mol. The molecule has 5 heteroatoms. The van der Waals surface area contributed by atoms with Crippen molar-refractivity contribution in [1.82, 2.24) is 5.32 Å². The van der Waals surface area contributed by atoms with Crippen molar-refractivity contribution in [3.05, 3.63) is 65.9 Å². The number of nitrogens with one attached hydrogen (secondary N) is 1. The van der Waals surface area contributed by atoms with Gasteiger partial charge in [-0.2, -0.15) is 11.8 Å². The average Bonchev–Trinajstić information content (AvgIpc) is 2.99. The Morgan fingerprint density at radius 3 is 2.81 bits per heavy atom. The maximum absolute atomic E-state index is 12.7. The van der Waals surface area contributed by atoms with Crippen LogP contribution in [0.5, 0.6) is 0 Å². The van der Waals surface area contributed by atoms with Crippen molar-refractivity contribution in [1.29, 1.82) is 0 Å². The third-order valence-corrected chi connectivity index (χ3v) is 3.65. The minimum Gasteiger partial charge on any atom is -0.468 e. The SMILES string of the molecule is O=C(C=Cc1ccc(F)cc1)NCCSCc1ccco1. The number of benzene rings is 1. The molecule has 0 radical (unpaired) electrons. The highest BCUT2D eigenvalue weighted by Gasteiger charge is 1.98. The van der Waals surface area contributed by atoms with E-state index in [-0.39, 0.29) is 11.7 Å². The van der Waals surface area contributed by atoms with E-state index in [1.807, 2.05) is 12.1 Å². The second kappa shape index (κ2) is 8.32. The van der Waals surface area contributed by atoms with E-state index in [1.54, 1.807) is 36.2 Å². The van der Waals surface area contributed by atoms with E-state index in [9.17, 15) is 9.18 Å². The lowest BCUT2D eigenvalue weighted by atomic mass is 10.2. The average molecular weight is 305 g/mol. The van der Waals surface area contributed by atoms with Crippen LogP contribution in [0.2, 0.25) is 0 Å². The molecule has 1 N–H and O–H groups in total. The summed E-state index contributed by atoms with van der Waals surface area (Å²) < 4.78 is 17.9. The first kappa shape index (κ1) is 15.4. The summed E-state index contributed by atoms with van der Waals surface area (Å²) in [6.07, 6.45) is 4.76. The molecule has 1 aromatic heterocycles. The molecule has 0 atom stereocenters. The number of carbonyl (C=O) groups excluding carboxylic acids is 1. The van der Waals surface area contributed by atoms with Gasteiger partial charge in [0.25, 0.3) is 0 Å².